The third-order valence-electron chi connectivity index (χ3n) is 5.18. The molecule has 31 heavy (non-hydrogen) atoms. The lowest BCUT2D eigenvalue weighted by atomic mass is 10.1. The summed E-state index contributed by atoms with van der Waals surface area (Å²) in [6.45, 7) is 5.99. The molecule has 2 aromatic heterocycles. The number of hydrogen-bond donors (Lipinski definition) is 2. The van der Waals surface area contributed by atoms with Crippen LogP contribution in [0.3, 0.4) is 0 Å². The molecule has 0 aliphatic heterocycles. The Bertz CT molecular complexity index is 1120. The Morgan fingerprint density at radius 2 is 1.97 bits per heavy atom. The Morgan fingerprint density at radius 3 is 2.58 bits per heavy atom. The number of rotatable bonds is 7. The molecule has 9 heteroatoms. The summed E-state index contributed by atoms with van der Waals surface area (Å²) >= 11 is 0. The zero-order chi connectivity index (χ0) is 22.7. The highest BCUT2D eigenvalue weighted by Crippen LogP contribution is 2.18. The molecule has 0 radical (unpaired) electrons. The molecule has 3 rings (SSSR count). The summed E-state index contributed by atoms with van der Waals surface area (Å²) in [7, 11) is 3.48. The highest BCUT2D eigenvalue weighted by atomic mass is 19.1. The smallest absolute Gasteiger partial charge is 0.254 e. The number of hydrogen-bond acceptors (Lipinski definition) is 4. The summed E-state index contributed by atoms with van der Waals surface area (Å²) in [5, 5.41) is 7.04. The number of carbonyl (C=O) groups is 2. The first-order valence-electron chi connectivity index (χ1n) is 9.99. The number of halogens is 1. The summed E-state index contributed by atoms with van der Waals surface area (Å²) < 4.78 is 15.9. The fourth-order valence-corrected chi connectivity index (χ4v) is 3.49. The van der Waals surface area contributed by atoms with Gasteiger partial charge in [-0.1, -0.05) is 0 Å². The summed E-state index contributed by atoms with van der Waals surface area (Å²) in [6, 6.07) is 3.84. The van der Waals surface area contributed by atoms with E-state index in [9.17, 15) is 14.0 Å². The highest BCUT2D eigenvalue weighted by molar-refractivity contribution is 5.97. The van der Waals surface area contributed by atoms with Crippen LogP contribution < -0.4 is 5.32 Å². The van der Waals surface area contributed by atoms with Crippen LogP contribution in [-0.4, -0.2) is 43.5 Å². The molecule has 1 aromatic carbocycles. The lowest BCUT2D eigenvalue weighted by Gasteiger charge is -2.16. The van der Waals surface area contributed by atoms with Crippen LogP contribution in [0.4, 0.5) is 10.1 Å². The monoisotopic (exact) mass is 426 g/mol. The number of carbonyl (C=O) groups excluding carboxylic acids is 2. The topological polar surface area (TPSA) is 95.9 Å². The molecule has 0 bridgehead atoms. The molecule has 0 saturated heterocycles. The fourth-order valence-electron chi connectivity index (χ4n) is 3.49. The summed E-state index contributed by atoms with van der Waals surface area (Å²) in [5.74, 6) is -0.585. The SMILES string of the molecule is Cc1cnc(CN(C)C(=O)c2cc(F)cc(NC(=O)CCc3c(C)nn(C)c3C)c2)[nH]1. The lowest BCUT2D eigenvalue weighted by Crippen LogP contribution is -2.27. The Morgan fingerprint density at radius 1 is 1.23 bits per heavy atom. The van der Waals surface area contributed by atoms with Crippen LogP contribution in [-0.2, 0) is 24.8 Å². The summed E-state index contributed by atoms with van der Waals surface area (Å²) in [5.41, 5.74) is 4.22. The molecule has 0 aliphatic rings. The van der Waals surface area contributed by atoms with E-state index in [4.69, 9.17) is 0 Å². The number of nitrogens with zero attached hydrogens (tertiary/aromatic N) is 4. The molecule has 3 aromatic rings. The predicted molar refractivity (Wildman–Crippen MR) is 115 cm³/mol. The predicted octanol–water partition coefficient (Wildman–Crippen LogP) is 3.05. The number of benzene rings is 1. The van der Waals surface area contributed by atoms with Crippen LogP contribution in [0.5, 0.6) is 0 Å². The van der Waals surface area contributed by atoms with E-state index < -0.39 is 5.82 Å². The van der Waals surface area contributed by atoms with Gasteiger partial charge in [0.1, 0.15) is 11.6 Å². The molecule has 0 unspecified atom stereocenters. The molecule has 2 N–H and O–H groups in total. The maximum Gasteiger partial charge on any atom is 0.254 e. The van der Waals surface area contributed by atoms with Crippen molar-refractivity contribution in [1.82, 2.24) is 24.6 Å². The van der Waals surface area contributed by atoms with Crippen molar-refractivity contribution in [1.29, 1.82) is 0 Å². The van der Waals surface area contributed by atoms with Gasteiger partial charge in [-0.2, -0.15) is 5.10 Å². The van der Waals surface area contributed by atoms with E-state index >= 15 is 0 Å². The zero-order valence-corrected chi connectivity index (χ0v) is 18.4. The van der Waals surface area contributed by atoms with Crippen molar-refractivity contribution < 1.29 is 14.0 Å². The van der Waals surface area contributed by atoms with Crippen molar-refractivity contribution in [2.24, 2.45) is 7.05 Å². The van der Waals surface area contributed by atoms with E-state index in [2.05, 4.69) is 20.4 Å². The zero-order valence-electron chi connectivity index (χ0n) is 18.4. The van der Waals surface area contributed by atoms with Gasteiger partial charge >= 0.3 is 0 Å². The Balaban J connectivity index is 1.65. The average Bonchev–Trinajstić information content (AvgIpc) is 3.21. The van der Waals surface area contributed by atoms with Gasteiger partial charge in [-0.3, -0.25) is 14.3 Å². The van der Waals surface area contributed by atoms with Crippen LogP contribution in [0.25, 0.3) is 0 Å². The largest absolute Gasteiger partial charge is 0.345 e. The first kappa shape index (κ1) is 22.2. The van der Waals surface area contributed by atoms with Crippen molar-refractivity contribution in [3.8, 4) is 0 Å². The maximum absolute atomic E-state index is 14.1. The molecule has 8 nitrogen and oxygen atoms in total. The molecule has 2 amide bonds. The van der Waals surface area contributed by atoms with Crippen molar-refractivity contribution in [2.75, 3.05) is 12.4 Å². The van der Waals surface area contributed by atoms with Crippen molar-refractivity contribution in [2.45, 2.75) is 40.2 Å². The maximum atomic E-state index is 14.1. The number of anilines is 1. The van der Waals surface area contributed by atoms with Crippen LogP contribution in [0, 0.1) is 26.6 Å². The summed E-state index contributed by atoms with van der Waals surface area (Å²) in [4.78, 5) is 33.8. The summed E-state index contributed by atoms with van der Waals surface area (Å²) in [6.07, 6.45) is 2.44. The number of aromatic amines is 1. The number of aromatic nitrogens is 4. The molecule has 0 spiro atoms. The van der Waals surface area contributed by atoms with Gasteiger partial charge in [0.2, 0.25) is 5.91 Å². The van der Waals surface area contributed by atoms with Crippen molar-refractivity contribution in [3.05, 3.63) is 64.2 Å². The average molecular weight is 426 g/mol. The Labute approximate surface area is 180 Å². The standard InChI is InChI=1S/C22H27FN6O2/c1-13-11-24-20(25-13)12-28(4)22(31)16-8-17(23)10-18(9-16)26-21(30)7-6-19-14(2)27-29(5)15(19)3/h8-11H,6-7,12H2,1-5H3,(H,24,25)(H,26,30). The van der Waals surface area contributed by atoms with Crippen molar-refractivity contribution in [3.63, 3.8) is 0 Å². The molecular formula is C22H27FN6O2. The van der Waals surface area contributed by atoms with E-state index in [1.807, 2.05) is 27.8 Å². The van der Waals surface area contributed by atoms with Gasteiger partial charge in [0, 0.05) is 49.4 Å². The van der Waals surface area contributed by atoms with Crippen molar-refractivity contribution >= 4 is 17.5 Å². The second kappa shape index (κ2) is 9.11. The van der Waals surface area contributed by atoms with E-state index in [0.29, 0.717) is 12.2 Å². The second-order valence-corrected chi connectivity index (χ2v) is 7.72. The van der Waals surface area contributed by atoms with Gasteiger partial charge < -0.3 is 15.2 Å². The quantitative estimate of drug-likeness (QED) is 0.607. The van der Waals surface area contributed by atoms with Gasteiger partial charge in [-0.15, -0.1) is 0 Å². The van der Waals surface area contributed by atoms with Crippen LogP contribution >= 0.6 is 0 Å². The molecule has 0 saturated carbocycles. The lowest BCUT2D eigenvalue weighted by molar-refractivity contribution is -0.116. The number of H-pyrrole nitrogens is 1. The highest BCUT2D eigenvalue weighted by Gasteiger charge is 2.17. The first-order valence-corrected chi connectivity index (χ1v) is 9.99. The molecule has 164 valence electrons. The van der Waals surface area contributed by atoms with Gasteiger partial charge in [0.15, 0.2) is 0 Å². The second-order valence-electron chi connectivity index (χ2n) is 7.72. The fraction of sp³-hybridized carbons (Fsp3) is 0.364. The third kappa shape index (κ3) is 5.36. The van der Waals surface area contributed by atoms with Gasteiger partial charge in [0.05, 0.1) is 12.2 Å². The number of imidazole rings is 1. The minimum Gasteiger partial charge on any atom is -0.345 e. The number of nitrogens with one attached hydrogen (secondary N) is 2. The molecular weight excluding hydrogens is 399 g/mol. The first-order chi connectivity index (χ1) is 14.6. The third-order valence-corrected chi connectivity index (χ3v) is 5.18. The van der Waals surface area contributed by atoms with Gasteiger partial charge in [-0.05, 0) is 51.0 Å². The number of amides is 2. The van der Waals surface area contributed by atoms with E-state index in [1.165, 1.54) is 17.0 Å². The molecule has 2 heterocycles. The Hall–Kier alpha value is -3.49. The molecule has 0 aliphatic carbocycles. The minimum atomic E-state index is -0.595. The van der Waals surface area contributed by atoms with E-state index in [0.717, 1.165) is 28.7 Å². The number of aryl methyl sites for hydroxylation is 3. The normalized spacial score (nSPS) is 10.9. The molecule has 0 fully saturated rings. The van der Waals surface area contributed by atoms with E-state index in [1.54, 1.807) is 17.9 Å². The van der Waals surface area contributed by atoms with E-state index in [-0.39, 0.29) is 36.0 Å². The van der Waals surface area contributed by atoms with Gasteiger partial charge in [-0.25, -0.2) is 9.37 Å². The molecule has 0 atom stereocenters. The van der Waals surface area contributed by atoms with Crippen LogP contribution in [0.1, 0.15) is 45.2 Å². The van der Waals surface area contributed by atoms with Gasteiger partial charge in [0.25, 0.3) is 5.91 Å². The van der Waals surface area contributed by atoms with Crippen LogP contribution in [0.2, 0.25) is 0 Å². The van der Waals surface area contributed by atoms with Crippen LogP contribution in [0.15, 0.2) is 24.4 Å². The Kier molecular flexibility index (Phi) is 6.53. The minimum absolute atomic E-state index is 0.153.